The average Bonchev–Trinajstić information content (AvgIpc) is 3.37. The molecule has 0 aliphatic carbocycles. The molecule has 3 aromatic carbocycles. The highest BCUT2D eigenvalue weighted by Crippen LogP contribution is 2.32. The van der Waals surface area contributed by atoms with E-state index in [1.165, 1.54) is 18.2 Å². The number of ether oxygens (including phenoxy) is 2. The van der Waals surface area contributed by atoms with Crippen molar-refractivity contribution >= 4 is 28.9 Å². The second-order valence-electron chi connectivity index (χ2n) is 7.44. The number of hydrogen-bond donors (Lipinski definition) is 1. The van der Waals surface area contributed by atoms with Crippen LogP contribution in [-0.4, -0.2) is 10.8 Å². The highest BCUT2D eigenvalue weighted by atomic mass is 35.5. The Morgan fingerprint density at radius 3 is 2.16 bits per heavy atom. The van der Waals surface area contributed by atoms with E-state index in [9.17, 15) is 36.9 Å². The minimum atomic E-state index is -2.34. The fraction of sp³-hybridized carbons (Fsp3) is 0.0417. The molecule has 1 heterocycles. The van der Waals surface area contributed by atoms with Crippen LogP contribution < -0.4 is 14.8 Å². The van der Waals surface area contributed by atoms with Gasteiger partial charge in [0.25, 0.3) is 11.6 Å². The number of hydrogen-bond acceptors (Lipinski definition) is 6. The molecule has 1 N–H and O–H groups in total. The highest BCUT2D eigenvalue weighted by Gasteiger charge is 2.27. The summed E-state index contributed by atoms with van der Waals surface area (Å²) in [5.41, 5.74) is -0.438. The monoisotopic (exact) mass is 554 g/mol. The number of nitro benzene ring substituents is 1. The lowest BCUT2D eigenvalue weighted by Gasteiger charge is -2.09. The van der Waals surface area contributed by atoms with Crippen LogP contribution in [0.15, 0.2) is 59.0 Å². The minimum absolute atomic E-state index is 0.0215. The Bertz CT molecular complexity index is 1520. The number of anilines is 1. The van der Waals surface area contributed by atoms with Gasteiger partial charge < -0.3 is 19.2 Å². The van der Waals surface area contributed by atoms with Crippen LogP contribution in [0, 0.1) is 39.2 Å². The molecule has 1 aromatic heterocycles. The van der Waals surface area contributed by atoms with Gasteiger partial charge in [-0.25, -0.2) is 13.2 Å². The van der Waals surface area contributed by atoms with Gasteiger partial charge >= 0.3 is 0 Å². The number of benzene rings is 3. The molecule has 1 amide bonds. The fourth-order valence-electron chi connectivity index (χ4n) is 3.08. The molecule has 0 unspecified atom stereocenters. The van der Waals surface area contributed by atoms with Crippen LogP contribution in [-0.2, 0) is 6.61 Å². The summed E-state index contributed by atoms with van der Waals surface area (Å²) in [6.07, 6.45) is 0. The summed E-state index contributed by atoms with van der Waals surface area (Å²) in [6.45, 7) is -0.790. The Morgan fingerprint density at radius 1 is 0.895 bits per heavy atom. The van der Waals surface area contributed by atoms with Gasteiger partial charge in [-0.3, -0.25) is 14.9 Å². The molecule has 0 aliphatic rings. The van der Waals surface area contributed by atoms with Gasteiger partial charge in [0.15, 0.2) is 11.5 Å². The third-order valence-corrected chi connectivity index (χ3v) is 5.08. The van der Waals surface area contributed by atoms with Gasteiger partial charge in [-0.05, 0) is 36.4 Å². The zero-order valence-electron chi connectivity index (χ0n) is 18.6. The number of non-ortho nitro benzene ring substituents is 1. The van der Waals surface area contributed by atoms with Crippen molar-refractivity contribution in [2.24, 2.45) is 0 Å². The third-order valence-electron chi connectivity index (χ3n) is 4.82. The van der Waals surface area contributed by atoms with Crippen LogP contribution >= 0.6 is 11.6 Å². The van der Waals surface area contributed by atoms with Crippen molar-refractivity contribution < 1.29 is 45.6 Å². The molecule has 0 atom stereocenters. The molecular weight excluding hydrogens is 543 g/mol. The van der Waals surface area contributed by atoms with Gasteiger partial charge in [0.1, 0.15) is 23.9 Å². The van der Waals surface area contributed by atoms with Crippen LogP contribution in [0.5, 0.6) is 17.2 Å². The first-order valence-electron chi connectivity index (χ1n) is 10.3. The molecule has 0 spiro atoms. The molecule has 14 heteroatoms. The summed E-state index contributed by atoms with van der Waals surface area (Å²) >= 11 is 5.82. The maximum Gasteiger partial charge on any atom is 0.291 e. The molecule has 0 bridgehead atoms. The average molecular weight is 555 g/mol. The topological polar surface area (TPSA) is 104 Å². The lowest BCUT2D eigenvalue weighted by atomic mass is 10.2. The number of halogens is 6. The van der Waals surface area contributed by atoms with Crippen molar-refractivity contribution in [3.8, 4) is 17.2 Å². The number of rotatable bonds is 8. The molecule has 0 radical (unpaired) electrons. The lowest BCUT2D eigenvalue weighted by Crippen LogP contribution is -2.11. The zero-order valence-corrected chi connectivity index (χ0v) is 19.3. The van der Waals surface area contributed by atoms with Crippen molar-refractivity contribution in [2.45, 2.75) is 6.61 Å². The van der Waals surface area contributed by atoms with Gasteiger partial charge in [0.05, 0.1) is 16.7 Å². The largest absolute Gasteiger partial charge is 0.479 e. The number of carbonyl (C=O) groups is 1. The molecule has 8 nitrogen and oxygen atoms in total. The first-order chi connectivity index (χ1) is 18.0. The van der Waals surface area contributed by atoms with Gasteiger partial charge in [-0.2, -0.15) is 8.78 Å². The van der Waals surface area contributed by atoms with Crippen molar-refractivity contribution in [3.05, 3.63) is 110 Å². The van der Waals surface area contributed by atoms with Crippen LogP contribution in [0.1, 0.15) is 16.3 Å². The fourth-order valence-corrected chi connectivity index (χ4v) is 3.21. The van der Waals surface area contributed by atoms with Crippen molar-refractivity contribution in [1.82, 2.24) is 0 Å². The first kappa shape index (κ1) is 26.4. The highest BCUT2D eigenvalue weighted by molar-refractivity contribution is 6.30. The zero-order chi connectivity index (χ0) is 27.6. The Morgan fingerprint density at radius 2 is 1.53 bits per heavy atom. The van der Waals surface area contributed by atoms with E-state index >= 15 is 0 Å². The predicted molar refractivity (Wildman–Crippen MR) is 122 cm³/mol. The summed E-state index contributed by atoms with van der Waals surface area (Å²) < 4.78 is 82.8. The van der Waals surface area contributed by atoms with Gasteiger partial charge in [0, 0.05) is 17.2 Å². The standard InChI is InChI=1S/C24H12ClF5N2O6/c25-11-1-3-14(4-2-11)37-16-8-12(7-13(9-16)32(34)35)31-24(33)17-6-5-15(38-17)10-36-23-21(29)19(27)18(26)20(28)22(23)30/h1-9H,10H2,(H,31,33). The third kappa shape index (κ3) is 5.67. The summed E-state index contributed by atoms with van der Waals surface area (Å²) in [7, 11) is 0. The van der Waals surface area contributed by atoms with Crippen LogP contribution in [0.2, 0.25) is 5.02 Å². The number of carbonyl (C=O) groups excluding carboxylic acids is 1. The summed E-state index contributed by atoms with van der Waals surface area (Å²) in [6, 6.07) is 11.9. The molecule has 4 rings (SSSR count). The van der Waals surface area contributed by atoms with Crippen LogP contribution in [0.25, 0.3) is 0 Å². The maximum absolute atomic E-state index is 13.8. The van der Waals surface area contributed by atoms with Gasteiger partial charge in [-0.1, -0.05) is 11.6 Å². The smallest absolute Gasteiger partial charge is 0.291 e. The number of nitro groups is 1. The lowest BCUT2D eigenvalue weighted by molar-refractivity contribution is -0.384. The van der Waals surface area contributed by atoms with Gasteiger partial charge in [-0.15, -0.1) is 0 Å². The minimum Gasteiger partial charge on any atom is -0.479 e. The summed E-state index contributed by atoms with van der Waals surface area (Å²) in [4.78, 5) is 23.2. The van der Waals surface area contributed by atoms with E-state index in [1.54, 1.807) is 12.1 Å². The van der Waals surface area contributed by atoms with E-state index in [1.807, 2.05) is 0 Å². The number of furan rings is 1. The Balaban J connectivity index is 1.48. The van der Waals surface area contributed by atoms with E-state index in [-0.39, 0.29) is 23.0 Å². The van der Waals surface area contributed by atoms with Crippen molar-refractivity contribution in [2.75, 3.05) is 5.32 Å². The second kappa shape index (κ2) is 10.8. The van der Waals surface area contributed by atoms with Crippen LogP contribution in [0.4, 0.5) is 33.3 Å². The van der Waals surface area contributed by atoms with Crippen molar-refractivity contribution in [1.29, 1.82) is 0 Å². The van der Waals surface area contributed by atoms with Crippen LogP contribution in [0.3, 0.4) is 0 Å². The quantitative estimate of drug-likeness (QED) is 0.0815. The Labute approximate surface area is 214 Å². The Kier molecular flexibility index (Phi) is 7.48. The van der Waals surface area contributed by atoms with Crippen molar-refractivity contribution in [3.63, 3.8) is 0 Å². The molecule has 196 valence electrons. The number of nitrogens with one attached hydrogen (secondary N) is 1. The van der Waals surface area contributed by atoms with Gasteiger partial charge in [0.2, 0.25) is 29.1 Å². The predicted octanol–water partition coefficient (Wildman–Crippen LogP) is 7.16. The number of amides is 1. The maximum atomic E-state index is 13.8. The molecule has 0 fully saturated rings. The molecular formula is C24H12ClF5N2O6. The molecule has 38 heavy (non-hydrogen) atoms. The molecule has 4 aromatic rings. The second-order valence-corrected chi connectivity index (χ2v) is 7.87. The van der Waals surface area contributed by atoms with E-state index in [0.717, 1.165) is 24.3 Å². The normalized spacial score (nSPS) is 10.8. The van der Waals surface area contributed by atoms with E-state index in [4.69, 9.17) is 20.8 Å². The summed E-state index contributed by atoms with van der Waals surface area (Å²) in [5.74, 6) is -13.7. The molecule has 0 aliphatic heterocycles. The molecule has 0 saturated heterocycles. The van der Waals surface area contributed by atoms with E-state index in [0.29, 0.717) is 10.8 Å². The first-order valence-corrected chi connectivity index (χ1v) is 10.7. The summed E-state index contributed by atoms with van der Waals surface area (Å²) in [5, 5.41) is 14.1. The Hall–Kier alpha value is -4.65. The van der Waals surface area contributed by atoms with E-state index in [2.05, 4.69) is 10.1 Å². The van der Waals surface area contributed by atoms with E-state index < -0.39 is 58.0 Å². The number of nitrogens with zero attached hydrogens (tertiary/aromatic N) is 1. The molecule has 0 saturated carbocycles. The SMILES string of the molecule is O=C(Nc1cc(Oc2ccc(Cl)cc2)cc([N+](=O)[O-])c1)c1ccc(COc2c(F)c(F)c(F)c(F)c2F)o1.